The third kappa shape index (κ3) is 4.16. The minimum atomic E-state index is -0.159. The number of nitrogens with one attached hydrogen (secondary N) is 2. The first-order valence-corrected chi connectivity index (χ1v) is 9.99. The molecule has 0 spiro atoms. The largest absolute Gasteiger partial charge is 0.354 e. The predicted molar refractivity (Wildman–Crippen MR) is 109 cm³/mol. The minimum absolute atomic E-state index is 0.0535. The van der Waals surface area contributed by atoms with Crippen molar-refractivity contribution >= 4 is 39.3 Å². The molecule has 8 heteroatoms. The van der Waals surface area contributed by atoms with Crippen molar-refractivity contribution in [3.05, 3.63) is 45.3 Å². The smallest absolute Gasteiger partial charge is 0.270 e. The van der Waals surface area contributed by atoms with E-state index in [9.17, 15) is 14.4 Å². The first kappa shape index (κ1) is 20.3. The van der Waals surface area contributed by atoms with Crippen molar-refractivity contribution in [2.75, 3.05) is 18.4 Å². The number of aromatic nitrogens is 2. The second-order valence-corrected chi connectivity index (χ2v) is 8.01. The van der Waals surface area contributed by atoms with Crippen LogP contribution in [0.2, 0.25) is 0 Å². The Bertz CT molecular complexity index is 912. The molecule has 0 bridgehead atoms. The molecule has 0 aromatic carbocycles. The Kier molecular flexibility index (Phi) is 5.98. The van der Waals surface area contributed by atoms with Crippen molar-refractivity contribution in [3.8, 4) is 0 Å². The van der Waals surface area contributed by atoms with Gasteiger partial charge in [-0.3, -0.25) is 14.4 Å². The molecule has 1 aliphatic heterocycles. The second-order valence-electron chi connectivity index (χ2n) is 7.10. The number of Topliss-reactive ketones (excluding diaryl/α,β-unsaturated/α-hetero) is 1. The molecule has 1 saturated heterocycles. The van der Waals surface area contributed by atoms with Crippen molar-refractivity contribution in [1.29, 1.82) is 0 Å². The summed E-state index contributed by atoms with van der Waals surface area (Å²) in [4.78, 5) is 46.1. The third-order valence-electron chi connectivity index (χ3n) is 5.14. The number of hydrogen-bond acceptors (Lipinski definition) is 4. The Morgan fingerprint density at radius 1 is 1.21 bits per heavy atom. The number of nitrogens with zero attached hydrogens (tertiary/aromatic N) is 2. The summed E-state index contributed by atoms with van der Waals surface area (Å²) in [6, 6.07) is 3.56. The fourth-order valence-corrected chi connectivity index (χ4v) is 3.91. The maximum absolute atomic E-state index is 12.9. The summed E-state index contributed by atoms with van der Waals surface area (Å²) in [5.41, 5.74) is 2.45. The van der Waals surface area contributed by atoms with Gasteiger partial charge in [0.15, 0.2) is 5.78 Å². The molecule has 1 fully saturated rings. The lowest BCUT2D eigenvalue weighted by molar-refractivity contribution is -0.121. The molecule has 28 heavy (non-hydrogen) atoms. The van der Waals surface area contributed by atoms with Gasteiger partial charge in [0.05, 0.1) is 0 Å². The van der Waals surface area contributed by atoms with Crippen LogP contribution in [0.1, 0.15) is 51.9 Å². The Hall–Kier alpha value is -2.48. The molecule has 2 N–H and O–H groups in total. The number of hydrogen-bond donors (Lipinski definition) is 2. The van der Waals surface area contributed by atoms with Crippen LogP contribution in [-0.2, 0) is 4.79 Å². The number of carbonyl (C=O) groups excluding carboxylic acids is 3. The highest BCUT2D eigenvalue weighted by atomic mass is 79.9. The van der Waals surface area contributed by atoms with Gasteiger partial charge in [0, 0.05) is 40.9 Å². The van der Waals surface area contributed by atoms with Crippen LogP contribution in [0.25, 0.3) is 0 Å². The molecule has 2 aromatic heterocycles. The molecule has 0 saturated carbocycles. The molecular weight excluding hydrogens is 424 g/mol. The highest BCUT2D eigenvalue weighted by molar-refractivity contribution is 9.10. The van der Waals surface area contributed by atoms with Gasteiger partial charge in [-0.1, -0.05) is 0 Å². The average molecular weight is 447 g/mol. The van der Waals surface area contributed by atoms with E-state index in [1.807, 2.05) is 6.07 Å². The zero-order valence-corrected chi connectivity index (χ0v) is 17.7. The minimum Gasteiger partial charge on any atom is -0.354 e. The number of H-pyrrole nitrogens is 1. The monoisotopic (exact) mass is 446 g/mol. The van der Waals surface area contributed by atoms with E-state index in [0.717, 1.165) is 4.47 Å². The predicted octanol–water partition coefficient (Wildman–Crippen LogP) is 3.48. The molecular formula is C20H23BrN4O3. The Morgan fingerprint density at radius 2 is 1.89 bits per heavy atom. The Morgan fingerprint density at radius 3 is 2.43 bits per heavy atom. The van der Waals surface area contributed by atoms with E-state index in [4.69, 9.17) is 0 Å². The number of pyridine rings is 1. The van der Waals surface area contributed by atoms with Crippen LogP contribution >= 0.6 is 15.9 Å². The lowest BCUT2D eigenvalue weighted by Crippen LogP contribution is -2.41. The van der Waals surface area contributed by atoms with Crippen molar-refractivity contribution in [2.45, 2.75) is 33.6 Å². The molecule has 0 atom stereocenters. The van der Waals surface area contributed by atoms with E-state index < -0.39 is 0 Å². The highest BCUT2D eigenvalue weighted by Gasteiger charge is 2.30. The lowest BCUT2D eigenvalue weighted by Gasteiger charge is -2.31. The molecule has 148 valence electrons. The number of halogens is 1. The average Bonchev–Trinajstić information content (AvgIpc) is 2.97. The number of amides is 2. The molecule has 1 aliphatic rings. The fraction of sp³-hybridized carbons (Fsp3) is 0.400. The molecule has 0 aliphatic carbocycles. The van der Waals surface area contributed by atoms with Crippen molar-refractivity contribution in [2.24, 2.45) is 5.92 Å². The number of likely N-dealkylation sites (tertiary alicyclic amines) is 1. The molecule has 0 unspecified atom stereocenters. The maximum atomic E-state index is 12.9. The first-order valence-electron chi connectivity index (χ1n) is 9.19. The standard InChI is InChI=1S/C20H23BrN4O3/c1-11-17(13(3)26)12(2)23-18(11)20(28)25-8-6-14(7-9-25)19(27)24-16-5-4-15(21)10-22-16/h4-5,10,14,23H,6-9H2,1-3H3,(H,22,24,27). The first-order chi connectivity index (χ1) is 13.3. The van der Waals surface area contributed by atoms with Crippen LogP contribution in [0.3, 0.4) is 0 Å². The van der Waals surface area contributed by atoms with E-state index >= 15 is 0 Å². The van der Waals surface area contributed by atoms with Crippen LogP contribution in [0.4, 0.5) is 5.82 Å². The number of rotatable bonds is 4. The van der Waals surface area contributed by atoms with Gasteiger partial charge in [-0.05, 0) is 67.2 Å². The maximum Gasteiger partial charge on any atom is 0.270 e. The number of carbonyl (C=O) groups is 3. The van der Waals surface area contributed by atoms with Crippen molar-refractivity contribution < 1.29 is 14.4 Å². The molecule has 0 radical (unpaired) electrons. The summed E-state index contributed by atoms with van der Waals surface area (Å²) in [7, 11) is 0. The number of anilines is 1. The molecule has 2 amide bonds. The summed E-state index contributed by atoms with van der Waals surface area (Å²) in [5, 5.41) is 2.83. The lowest BCUT2D eigenvalue weighted by atomic mass is 9.95. The van der Waals surface area contributed by atoms with Gasteiger partial charge in [0.2, 0.25) is 5.91 Å². The van der Waals surface area contributed by atoms with Crippen LogP contribution in [0.15, 0.2) is 22.8 Å². The van der Waals surface area contributed by atoms with Gasteiger partial charge in [0.1, 0.15) is 11.5 Å². The number of ketones is 1. The molecule has 2 aromatic rings. The van der Waals surface area contributed by atoms with Crippen molar-refractivity contribution in [3.63, 3.8) is 0 Å². The Balaban J connectivity index is 1.61. The summed E-state index contributed by atoms with van der Waals surface area (Å²) in [6.07, 6.45) is 2.81. The number of aryl methyl sites for hydroxylation is 1. The van der Waals surface area contributed by atoms with E-state index in [0.29, 0.717) is 54.3 Å². The van der Waals surface area contributed by atoms with E-state index in [1.54, 1.807) is 31.0 Å². The summed E-state index contributed by atoms with van der Waals surface area (Å²) >= 11 is 3.31. The zero-order valence-electron chi connectivity index (χ0n) is 16.1. The molecule has 3 heterocycles. The van der Waals surface area contributed by atoms with Gasteiger partial charge < -0.3 is 15.2 Å². The highest BCUT2D eigenvalue weighted by Crippen LogP contribution is 2.24. The summed E-state index contributed by atoms with van der Waals surface area (Å²) in [6.45, 7) is 6.09. The van der Waals surface area contributed by atoms with Crippen LogP contribution < -0.4 is 5.32 Å². The third-order valence-corrected chi connectivity index (χ3v) is 5.60. The van der Waals surface area contributed by atoms with E-state index in [-0.39, 0.29) is 23.5 Å². The topological polar surface area (TPSA) is 95.2 Å². The van der Waals surface area contributed by atoms with Gasteiger partial charge in [-0.25, -0.2) is 4.98 Å². The number of aromatic amines is 1. The summed E-state index contributed by atoms with van der Waals surface area (Å²) in [5.74, 6) is 0.103. The number of piperidine rings is 1. The van der Waals surface area contributed by atoms with E-state index in [1.165, 1.54) is 6.92 Å². The molecule has 7 nitrogen and oxygen atoms in total. The molecule has 3 rings (SSSR count). The SMILES string of the molecule is CC(=O)c1c(C)[nH]c(C(=O)N2CCC(C(=O)Nc3ccc(Br)cn3)CC2)c1C. The van der Waals surface area contributed by atoms with E-state index in [2.05, 4.69) is 31.2 Å². The quantitative estimate of drug-likeness (QED) is 0.702. The van der Waals surface area contributed by atoms with Crippen LogP contribution in [0.5, 0.6) is 0 Å². The van der Waals surface area contributed by atoms with Gasteiger partial charge in [0.25, 0.3) is 5.91 Å². The van der Waals surface area contributed by atoms with Crippen molar-refractivity contribution in [1.82, 2.24) is 14.9 Å². The van der Waals surface area contributed by atoms with Crippen LogP contribution in [0, 0.1) is 19.8 Å². The van der Waals surface area contributed by atoms with Gasteiger partial charge in [-0.15, -0.1) is 0 Å². The Labute approximate surface area is 172 Å². The second kappa shape index (κ2) is 8.26. The zero-order chi connectivity index (χ0) is 20.4. The van der Waals surface area contributed by atoms with Gasteiger partial charge in [-0.2, -0.15) is 0 Å². The van der Waals surface area contributed by atoms with Gasteiger partial charge >= 0.3 is 0 Å². The fourth-order valence-electron chi connectivity index (χ4n) is 3.67. The summed E-state index contributed by atoms with van der Waals surface area (Å²) < 4.78 is 0.847. The van der Waals surface area contributed by atoms with Crippen LogP contribution in [-0.4, -0.2) is 45.6 Å². The normalized spacial score (nSPS) is 14.8.